The number of pyridine rings is 1. The van der Waals surface area contributed by atoms with Crippen LogP contribution in [0.25, 0.3) is 0 Å². The van der Waals surface area contributed by atoms with E-state index in [1.807, 2.05) is 18.2 Å². The highest BCUT2D eigenvalue weighted by Gasteiger charge is 2.18. The van der Waals surface area contributed by atoms with Gasteiger partial charge in [-0.3, -0.25) is 4.98 Å². The number of halogens is 2. The van der Waals surface area contributed by atoms with E-state index in [4.69, 9.17) is 23.2 Å². The van der Waals surface area contributed by atoms with Gasteiger partial charge in [-0.1, -0.05) is 55.1 Å². The van der Waals surface area contributed by atoms with Gasteiger partial charge in [0.2, 0.25) is 0 Å². The Balaban J connectivity index is 2.03. The van der Waals surface area contributed by atoms with Crippen molar-refractivity contribution in [3.05, 3.63) is 63.9 Å². The zero-order valence-corrected chi connectivity index (χ0v) is 16.0. The van der Waals surface area contributed by atoms with Crippen LogP contribution in [-0.4, -0.2) is 23.0 Å². The summed E-state index contributed by atoms with van der Waals surface area (Å²) in [7, 11) is 1.75. The van der Waals surface area contributed by atoms with Gasteiger partial charge in [0.05, 0.1) is 6.04 Å². The van der Waals surface area contributed by atoms with Crippen molar-refractivity contribution in [1.29, 1.82) is 0 Å². The summed E-state index contributed by atoms with van der Waals surface area (Å²) in [5.74, 6) is 0. The molecule has 0 bridgehead atoms. The van der Waals surface area contributed by atoms with E-state index in [-0.39, 0.29) is 12.1 Å². The molecule has 1 atom stereocenters. The monoisotopic (exact) mass is 379 g/mol. The molecule has 25 heavy (non-hydrogen) atoms. The minimum atomic E-state index is -0.143. The van der Waals surface area contributed by atoms with Crippen LogP contribution in [0.2, 0.25) is 10.0 Å². The number of hydrogen-bond acceptors (Lipinski definition) is 2. The smallest absolute Gasteiger partial charge is 0.317 e. The SMILES string of the molecule is CCCC[C@@H](NC(=O)N(C)Cc1ccc(Cl)cc1Cl)c1cccnc1. The molecule has 0 saturated carbocycles. The van der Waals surface area contributed by atoms with E-state index in [0.29, 0.717) is 16.6 Å². The molecule has 0 spiro atoms. The van der Waals surface area contributed by atoms with Crippen LogP contribution in [0.5, 0.6) is 0 Å². The molecular formula is C19H23Cl2N3O. The lowest BCUT2D eigenvalue weighted by atomic mass is 10.0. The third kappa shape index (κ3) is 5.91. The number of amides is 2. The Bertz CT molecular complexity index is 694. The fraction of sp³-hybridized carbons (Fsp3) is 0.368. The van der Waals surface area contributed by atoms with Crippen LogP contribution >= 0.6 is 23.2 Å². The van der Waals surface area contributed by atoms with Crippen molar-refractivity contribution in [2.24, 2.45) is 0 Å². The topological polar surface area (TPSA) is 45.2 Å². The molecular weight excluding hydrogens is 357 g/mol. The van der Waals surface area contributed by atoms with Crippen molar-refractivity contribution < 1.29 is 4.79 Å². The summed E-state index contributed by atoms with van der Waals surface area (Å²) < 4.78 is 0. The number of nitrogens with one attached hydrogen (secondary N) is 1. The summed E-state index contributed by atoms with van der Waals surface area (Å²) in [6.45, 7) is 2.55. The Hall–Kier alpha value is -1.78. The van der Waals surface area contributed by atoms with Gasteiger partial charge in [-0.05, 0) is 35.7 Å². The second-order valence-corrected chi connectivity index (χ2v) is 6.87. The molecule has 0 aliphatic rings. The molecule has 6 heteroatoms. The summed E-state index contributed by atoms with van der Waals surface area (Å²) in [6, 6.07) is 8.98. The third-order valence-electron chi connectivity index (χ3n) is 4.00. The van der Waals surface area contributed by atoms with Gasteiger partial charge < -0.3 is 10.2 Å². The van der Waals surface area contributed by atoms with Gasteiger partial charge >= 0.3 is 6.03 Å². The van der Waals surface area contributed by atoms with Crippen molar-refractivity contribution in [2.45, 2.75) is 38.8 Å². The fourth-order valence-corrected chi connectivity index (χ4v) is 3.02. The number of urea groups is 1. The number of rotatable bonds is 7. The van der Waals surface area contributed by atoms with Gasteiger partial charge in [0.1, 0.15) is 0 Å². The van der Waals surface area contributed by atoms with Crippen molar-refractivity contribution in [3.63, 3.8) is 0 Å². The van der Waals surface area contributed by atoms with Crippen LogP contribution in [0.3, 0.4) is 0 Å². The predicted octanol–water partition coefficient (Wildman–Crippen LogP) is 5.46. The summed E-state index contributed by atoms with van der Waals surface area (Å²) >= 11 is 12.1. The Kier molecular flexibility index (Phi) is 7.53. The molecule has 0 aliphatic heterocycles. The quantitative estimate of drug-likeness (QED) is 0.693. The van der Waals surface area contributed by atoms with Gasteiger partial charge in [-0.2, -0.15) is 0 Å². The van der Waals surface area contributed by atoms with Crippen LogP contribution in [0.4, 0.5) is 4.79 Å². The molecule has 0 unspecified atom stereocenters. The average Bonchev–Trinajstić information content (AvgIpc) is 2.61. The van der Waals surface area contributed by atoms with Gasteiger partial charge in [0, 0.05) is 36.0 Å². The van der Waals surface area contributed by atoms with Crippen LogP contribution in [0, 0.1) is 0 Å². The number of carbonyl (C=O) groups is 1. The van der Waals surface area contributed by atoms with Crippen molar-refractivity contribution >= 4 is 29.2 Å². The van der Waals surface area contributed by atoms with E-state index in [0.717, 1.165) is 30.4 Å². The molecule has 0 saturated heterocycles. The maximum Gasteiger partial charge on any atom is 0.317 e. The van der Waals surface area contributed by atoms with E-state index >= 15 is 0 Å². The molecule has 134 valence electrons. The first-order valence-electron chi connectivity index (χ1n) is 8.36. The zero-order valence-electron chi connectivity index (χ0n) is 14.5. The van der Waals surface area contributed by atoms with Crippen molar-refractivity contribution in [2.75, 3.05) is 7.05 Å². The van der Waals surface area contributed by atoms with Crippen LogP contribution in [0.15, 0.2) is 42.7 Å². The minimum Gasteiger partial charge on any atom is -0.331 e. The highest BCUT2D eigenvalue weighted by molar-refractivity contribution is 6.35. The van der Waals surface area contributed by atoms with Crippen LogP contribution in [-0.2, 0) is 6.54 Å². The Morgan fingerprint density at radius 1 is 1.32 bits per heavy atom. The third-order valence-corrected chi connectivity index (χ3v) is 4.59. The molecule has 0 fully saturated rings. The summed E-state index contributed by atoms with van der Waals surface area (Å²) in [5.41, 5.74) is 1.87. The van der Waals surface area contributed by atoms with E-state index in [1.165, 1.54) is 0 Å². The first-order chi connectivity index (χ1) is 12.0. The average molecular weight is 380 g/mol. The summed E-state index contributed by atoms with van der Waals surface area (Å²) in [5, 5.41) is 4.23. The van der Waals surface area contributed by atoms with E-state index in [1.54, 1.807) is 36.5 Å². The molecule has 2 amide bonds. The van der Waals surface area contributed by atoms with Gasteiger partial charge in [0.25, 0.3) is 0 Å². The lowest BCUT2D eigenvalue weighted by molar-refractivity contribution is 0.201. The first kappa shape index (κ1) is 19.5. The summed E-state index contributed by atoms with van der Waals surface area (Å²) in [4.78, 5) is 18.4. The largest absolute Gasteiger partial charge is 0.331 e. The number of aromatic nitrogens is 1. The molecule has 2 aromatic rings. The van der Waals surface area contributed by atoms with Gasteiger partial charge in [-0.15, -0.1) is 0 Å². The Morgan fingerprint density at radius 3 is 2.76 bits per heavy atom. The maximum absolute atomic E-state index is 12.6. The fourth-order valence-electron chi connectivity index (χ4n) is 2.55. The molecule has 4 nitrogen and oxygen atoms in total. The van der Waals surface area contributed by atoms with E-state index in [2.05, 4.69) is 17.2 Å². The number of hydrogen-bond donors (Lipinski definition) is 1. The zero-order chi connectivity index (χ0) is 18.2. The molecule has 1 aromatic heterocycles. The number of carbonyl (C=O) groups excluding carboxylic acids is 1. The molecule has 1 heterocycles. The summed E-state index contributed by atoms with van der Waals surface area (Å²) in [6.07, 6.45) is 6.52. The number of benzene rings is 1. The first-order valence-corrected chi connectivity index (χ1v) is 9.12. The minimum absolute atomic E-state index is 0.0516. The van der Waals surface area contributed by atoms with Crippen LogP contribution in [0.1, 0.15) is 43.4 Å². The number of nitrogens with zero attached hydrogens (tertiary/aromatic N) is 2. The van der Waals surface area contributed by atoms with Crippen LogP contribution < -0.4 is 5.32 Å². The molecule has 2 rings (SSSR count). The standard InChI is InChI=1S/C19H23Cl2N3O/c1-3-4-7-18(14-6-5-10-22-12-14)23-19(25)24(2)13-15-8-9-16(20)11-17(15)21/h5-6,8-12,18H,3-4,7,13H2,1-2H3,(H,23,25)/t18-/m1/s1. The molecule has 1 N–H and O–H groups in total. The van der Waals surface area contributed by atoms with E-state index in [9.17, 15) is 4.79 Å². The Labute approximate surface area is 159 Å². The maximum atomic E-state index is 12.6. The van der Waals surface area contributed by atoms with Crippen molar-refractivity contribution in [3.8, 4) is 0 Å². The van der Waals surface area contributed by atoms with Gasteiger partial charge in [-0.25, -0.2) is 4.79 Å². The van der Waals surface area contributed by atoms with E-state index < -0.39 is 0 Å². The lowest BCUT2D eigenvalue weighted by Crippen LogP contribution is -2.39. The molecule has 1 aromatic carbocycles. The number of unbranched alkanes of at least 4 members (excludes halogenated alkanes) is 1. The lowest BCUT2D eigenvalue weighted by Gasteiger charge is -2.24. The van der Waals surface area contributed by atoms with Crippen molar-refractivity contribution in [1.82, 2.24) is 15.2 Å². The second-order valence-electron chi connectivity index (χ2n) is 6.02. The predicted molar refractivity (Wildman–Crippen MR) is 103 cm³/mol. The molecule has 0 aliphatic carbocycles. The Morgan fingerprint density at radius 2 is 2.12 bits per heavy atom. The normalized spacial score (nSPS) is 11.8. The molecule has 0 radical (unpaired) electrons. The highest BCUT2D eigenvalue weighted by atomic mass is 35.5. The second kappa shape index (κ2) is 9.64. The highest BCUT2D eigenvalue weighted by Crippen LogP contribution is 2.23. The van der Waals surface area contributed by atoms with Gasteiger partial charge in [0.15, 0.2) is 0 Å².